The van der Waals surface area contributed by atoms with Crippen molar-refractivity contribution in [3.63, 3.8) is 0 Å². The van der Waals surface area contributed by atoms with Crippen molar-refractivity contribution in [3.8, 4) is 68.3 Å². The van der Waals surface area contributed by atoms with Gasteiger partial charge in [-0.2, -0.15) is 15.3 Å². The predicted molar refractivity (Wildman–Crippen MR) is 476 cm³/mol. The third kappa shape index (κ3) is 20.3. The van der Waals surface area contributed by atoms with Crippen molar-refractivity contribution in [2.24, 2.45) is 0 Å². The lowest BCUT2D eigenvalue weighted by atomic mass is 10.1. The molecule has 6 fully saturated rings. The molecule has 2 saturated carbocycles. The van der Waals surface area contributed by atoms with Crippen LogP contribution in [0.1, 0.15) is 114 Å². The number of aromatic nitrogens is 12. The van der Waals surface area contributed by atoms with E-state index in [1.54, 1.807) is 18.2 Å². The number of anilines is 3. The summed E-state index contributed by atoms with van der Waals surface area (Å²) in [5.41, 5.74) is 25.9. The summed E-state index contributed by atoms with van der Waals surface area (Å²) >= 11 is 0. The van der Waals surface area contributed by atoms with Crippen LogP contribution in [-0.4, -0.2) is 206 Å². The zero-order valence-electron chi connectivity index (χ0n) is 69.4. The first-order valence-electron chi connectivity index (χ1n) is 43.0. The zero-order valence-corrected chi connectivity index (χ0v) is 69.4. The van der Waals surface area contributed by atoms with E-state index in [-0.39, 0.29) is 35.8 Å². The van der Waals surface area contributed by atoms with Gasteiger partial charge in [-0.25, -0.2) is 43.9 Å². The lowest BCUT2D eigenvalue weighted by molar-refractivity contribution is -0.128. The van der Waals surface area contributed by atoms with Gasteiger partial charge in [-0.3, -0.25) is 19.3 Å². The number of hydrogen-bond donors (Lipinski definition) is 5. The number of nitrogens with two attached hydrogens (primary N) is 3. The summed E-state index contributed by atoms with van der Waals surface area (Å²) in [6.07, 6.45) is 32.3. The Bertz CT molecular complexity index is 5590. The summed E-state index contributed by atoms with van der Waals surface area (Å²) in [5.74, 6) is 5.79. The molecule has 0 radical (unpaired) electrons. The van der Waals surface area contributed by atoms with Gasteiger partial charge in [0.15, 0.2) is 16.9 Å². The number of amides is 3. The second kappa shape index (κ2) is 39.6. The van der Waals surface area contributed by atoms with Crippen LogP contribution in [0, 0.1) is 0 Å². The van der Waals surface area contributed by atoms with Crippen molar-refractivity contribution in [1.29, 1.82) is 0 Å². The van der Waals surface area contributed by atoms with Crippen molar-refractivity contribution in [3.05, 3.63) is 219 Å². The molecule has 18 rings (SSSR count). The van der Waals surface area contributed by atoms with Gasteiger partial charge in [0.2, 0.25) is 17.7 Å². The van der Waals surface area contributed by atoms with Gasteiger partial charge in [-0.15, -0.1) is 0 Å². The SMILES string of the molecule is CN(C/C=C/C(=O)N1CCCC(n2nc(-c3ccc(Oc4ccccc4)cc3)c3c(N)ncnc32)C1)C1CCCC1.CN1CCC(NC/C=C/C(=O)N2CCC(n3nc(-c4ccc(Oc5ccccc5)cc4)c4c(N)ncnc43)C2)CC1.Nc1ncnc2c1c(-c1ccc(Oc3ccccc3)cc1)nn2C1CCCN(C(=O)/C=C/CNC2CCCC2)C1. The number of likely N-dealkylation sites (tertiary alicyclic amines) is 4. The minimum Gasteiger partial charge on any atom is -0.457 e. The summed E-state index contributed by atoms with van der Waals surface area (Å²) in [6.45, 7) is 8.32. The van der Waals surface area contributed by atoms with Crippen LogP contribution in [0.15, 0.2) is 219 Å². The van der Waals surface area contributed by atoms with Crippen LogP contribution in [0.4, 0.5) is 17.5 Å². The topological polar surface area (TPSA) is 328 Å². The number of para-hydroxylation sites is 3. The number of likely N-dealkylation sites (N-methyl/N-ethyl adjacent to an activating group) is 1. The van der Waals surface area contributed by atoms with E-state index >= 15 is 0 Å². The molecule has 8 N–H and O–H groups in total. The summed E-state index contributed by atoms with van der Waals surface area (Å²) < 4.78 is 23.6. The number of piperidine rings is 3. The number of rotatable bonds is 24. The first-order chi connectivity index (χ1) is 59.8. The molecule has 4 aliphatic heterocycles. The second-order valence-electron chi connectivity index (χ2n) is 32.4. The highest BCUT2D eigenvalue weighted by atomic mass is 16.5. The normalized spacial score (nSPS) is 18.2. The van der Waals surface area contributed by atoms with E-state index in [4.69, 9.17) is 46.7 Å². The van der Waals surface area contributed by atoms with Crippen LogP contribution in [0.5, 0.6) is 34.5 Å². The molecular formula is C94H108N22O6. The molecule has 28 heteroatoms. The van der Waals surface area contributed by atoms with E-state index in [1.807, 2.05) is 211 Å². The Hall–Kier alpha value is -12.8. The minimum absolute atomic E-state index is 0.00376. The summed E-state index contributed by atoms with van der Waals surface area (Å²) in [7, 11) is 4.31. The van der Waals surface area contributed by atoms with E-state index < -0.39 is 0 Å². The Kier molecular flexibility index (Phi) is 26.9. The van der Waals surface area contributed by atoms with E-state index in [0.29, 0.717) is 96.3 Å². The fourth-order valence-corrected chi connectivity index (χ4v) is 17.4. The molecule has 10 heterocycles. The maximum atomic E-state index is 13.1. The zero-order chi connectivity index (χ0) is 83.7. The Morgan fingerprint density at radius 1 is 0.393 bits per heavy atom. The third-order valence-electron chi connectivity index (χ3n) is 24.0. The van der Waals surface area contributed by atoms with E-state index in [0.717, 1.165) is 158 Å². The lowest BCUT2D eigenvalue weighted by Crippen LogP contribution is -2.40. The first kappa shape index (κ1) is 82.9. The molecule has 3 unspecified atom stereocenters. The Labute approximate surface area is 710 Å². The molecule has 6 aliphatic rings. The quantitative estimate of drug-likeness (QED) is 0.0351. The Morgan fingerprint density at radius 3 is 1.11 bits per heavy atom. The molecule has 0 bridgehead atoms. The van der Waals surface area contributed by atoms with Gasteiger partial charge < -0.3 is 61.6 Å². The van der Waals surface area contributed by atoms with Crippen LogP contribution < -0.4 is 42.0 Å². The molecule has 6 aromatic carbocycles. The monoisotopic (exact) mass is 1640 g/mol. The second-order valence-corrected chi connectivity index (χ2v) is 32.4. The van der Waals surface area contributed by atoms with Gasteiger partial charge in [0.25, 0.3) is 0 Å². The van der Waals surface area contributed by atoms with Crippen molar-refractivity contribution < 1.29 is 28.6 Å². The van der Waals surface area contributed by atoms with Gasteiger partial charge >= 0.3 is 0 Å². The van der Waals surface area contributed by atoms with Crippen molar-refractivity contribution in [1.82, 2.24) is 94.4 Å². The van der Waals surface area contributed by atoms with Crippen molar-refractivity contribution in [2.75, 3.05) is 103 Å². The van der Waals surface area contributed by atoms with Crippen LogP contribution in [0.3, 0.4) is 0 Å². The van der Waals surface area contributed by atoms with E-state index in [2.05, 4.69) is 64.4 Å². The molecule has 12 aromatic rings. The highest BCUT2D eigenvalue weighted by molar-refractivity contribution is 6.01. The number of nitrogens with one attached hydrogen (secondary N) is 2. The fraction of sp³-hybridized carbons (Fsp3) is 0.362. The van der Waals surface area contributed by atoms with Crippen molar-refractivity contribution in [2.45, 2.75) is 133 Å². The number of carbonyl (C=O) groups is 3. The number of nitrogens with zero attached hydrogens (tertiary/aromatic N) is 17. The highest BCUT2D eigenvalue weighted by Gasteiger charge is 2.34. The molecule has 6 aromatic heterocycles. The molecule has 630 valence electrons. The van der Waals surface area contributed by atoms with E-state index in [9.17, 15) is 14.4 Å². The van der Waals surface area contributed by atoms with Crippen LogP contribution >= 0.6 is 0 Å². The van der Waals surface area contributed by atoms with Gasteiger partial charge in [0.1, 0.15) is 88.0 Å². The molecule has 28 nitrogen and oxygen atoms in total. The number of benzene rings is 6. The van der Waals surface area contributed by atoms with Gasteiger partial charge in [0.05, 0.1) is 34.3 Å². The number of carbonyl (C=O) groups excluding carboxylic acids is 3. The van der Waals surface area contributed by atoms with Crippen molar-refractivity contribution >= 4 is 68.3 Å². The average Bonchev–Trinajstić information content (AvgIpc) is 1.63. The molecule has 0 spiro atoms. The number of fused-ring (bicyclic) bond motifs is 3. The Morgan fingerprint density at radius 2 is 0.730 bits per heavy atom. The minimum atomic E-state index is -0.00602. The average molecular weight is 1640 g/mol. The lowest BCUT2D eigenvalue weighted by Gasteiger charge is -2.32. The smallest absolute Gasteiger partial charge is 0.246 e. The van der Waals surface area contributed by atoms with Gasteiger partial charge in [0, 0.05) is 112 Å². The maximum absolute atomic E-state index is 13.1. The third-order valence-corrected chi connectivity index (χ3v) is 24.0. The molecule has 2 aliphatic carbocycles. The largest absolute Gasteiger partial charge is 0.457 e. The molecule has 122 heavy (non-hydrogen) atoms. The molecule has 3 atom stereocenters. The number of hydrogen-bond acceptors (Lipinski definition) is 22. The summed E-state index contributed by atoms with van der Waals surface area (Å²) in [4.78, 5) is 75.9. The summed E-state index contributed by atoms with van der Waals surface area (Å²) in [5, 5.41) is 24.2. The van der Waals surface area contributed by atoms with Gasteiger partial charge in [-0.1, -0.05) is 98.5 Å². The molecule has 3 amide bonds. The molecular weight excluding hydrogens is 1530 g/mol. The standard InChI is InChI=1S/C32H37N7O2.C31H36N8O2.C31H35N7O2/c1-37(24-9-5-6-10-24)19-8-14-28(40)38-20-7-11-25(21-38)39-32-29(31(33)34-22-35-32)30(36-39)23-15-17-27(18-16-23)41-26-12-3-2-4-13-26;1-37-17-13-23(14-18-37)33-16-5-8-27(40)38-19-15-24(20-38)39-31-28(30(32)34-21-35-31)29(36-39)22-9-11-26(12-10-22)41-25-6-3-2-4-7-25;32-30-28-29(22-14-16-26(17-15-22)40-25-11-2-1-3-12-25)36-38(31(28)35-21-34-30)24-10-7-19-37(20-24)27(39)13-6-18-33-23-8-4-5-9-23/h2-4,8,12-18,22,24-25H,5-7,9-11,19-21H2,1H3,(H2,33,34,35);2-12,21,23-24,33H,13-20H2,1H3,(H2,32,34,35);1-3,6,11-17,21,23-24,33H,4-5,7-10,18-20H2,(H2,32,34,35)/b14-8+;8-5+;13-6+. The molecule has 4 saturated heterocycles. The summed E-state index contributed by atoms with van der Waals surface area (Å²) in [6, 6.07) is 54.1. The van der Waals surface area contributed by atoms with Crippen LogP contribution in [0.25, 0.3) is 66.9 Å². The van der Waals surface area contributed by atoms with Crippen LogP contribution in [-0.2, 0) is 14.4 Å². The fourth-order valence-electron chi connectivity index (χ4n) is 17.4. The highest BCUT2D eigenvalue weighted by Crippen LogP contribution is 2.40. The van der Waals surface area contributed by atoms with Gasteiger partial charge in [-0.05, 0) is 207 Å². The first-order valence-corrected chi connectivity index (χ1v) is 43.0. The number of ether oxygens (including phenoxy) is 3. The van der Waals surface area contributed by atoms with E-state index in [1.165, 1.54) is 70.3 Å². The Balaban J connectivity index is 0.000000136. The number of nitrogen functional groups attached to an aromatic ring is 3. The maximum Gasteiger partial charge on any atom is 0.246 e. The van der Waals surface area contributed by atoms with Crippen LogP contribution in [0.2, 0.25) is 0 Å². The predicted octanol–water partition coefficient (Wildman–Crippen LogP) is 14.5.